The monoisotopic (exact) mass is 314 g/mol. The number of benzene rings is 2. The summed E-state index contributed by atoms with van der Waals surface area (Å²) >= 11 is 0. The molecule has 1 unspecified atom stereocenters. The van der Waals surface area contributed by atoms with Gasteiger partial charge in [0.05, 0.1) is 8.07 Å². The molecule has 0 heterocycles. The van der Waals surface area contributed by atoms with Crippen molar-refractivity contribution >= 4 is 8.07 Å². The first-order valence-corrected chi connectivity index (χ1v) is 11.7. The predicted octanol–water partition coefficient (Wildman–Crippen LogP) is 6.59. The number of rotatable bonds is 6. The predicted molar refractivity (Wildman–Crippen MR) is 97.5 cm³/mol. The van der Waals surface area contributed by atoms with Gasteiger partial charge in [-0.3, -0.25) is 0 Å². The Bertz CT molecular complexity index is 583. The summed E-state index contributed by atoms with van der Waals surface area (Å²) in [5.41, 5.74) is 3.19. The zero-order chi connectivity index (χ0) is 16.2. The van der Waals surface area contributed by atoms with Crippen molar-refractivity contribution in [2.75, 3.05) is 0 Å². The quantitative estimate of drug-likeness (QED) is 0.528. The molecule has 0 radical (unpaired) electrons. The van der Waals surface area contributed by atoms with Crippen LogP contribution in [0.3, 0.4) is 0 Å². The highest BCUT2D eigenvalue weighted by Crippen LogP contribution is 2.41. The number of hydrogen-bond donors (Lipinski definition) is 0. The molecule has 0 aliphatic rings. The Morgan fingerprint density at radius 2 is 1.41 bits per heavy atom. The van der Waals surface area contributed by atoms with Gasteiger partial charge in [-0.15, -0.1) is 0 Å². The average molecular weight is 315 g/mol. The molecule has 22 heavy (non-hydrogen) atoms. The van der Waals surface area contributed by atoms with E-state index in [-0.39, 0.29) is 0 Å². The summed E-state index contributed by atoms with van der Waals surface area (Å²) in [6.45, 7) is 8.53. The Labute approximate surface area is 135 Å². The Kier molecular flexibility index (Phi) is 5.22. The summed E-state index contributed by atoms with van der Waals surface area (Å²) in [5.74, 6) is 0. The SMILES string of the molecule is CCCCC(F)(c1ccc(-c2ccccc2)cc1)[Si](C)(C)C. The highest BCUT2D eigenvalue weighted by molar-refractivity contribution is 6.78. The Morgan fingerprint density at radius 1 is 0.864 bits per heavy atom. The Balaban J connectivity index is 2.34. The highest BCUT2D eigenvalue weighted by atomic mass is 28.3. The summed E-state index contributed by atoms with van der Waals surface area (Å²) in [6, 6.07) is 18.4. The molecule has 2 aromatic rings. The summed E-state index contributed by atoms with van der Waals surface area (Å²) in [4.78, 5) is 0. The van der Waals surface area contributed by atoms with Crippen molar-refractivity contribution in [2.24, 2.45) is 0 Å². The van der Waals surface area contributed by atoms with E-state index in [1.54, 1.807) is 0 Å². The highest BCUT2D eigenvalue weighted by Gasteiger charge is 2.44. The van der Waals surface area contributed by atoms with Crippen LogP contribution >= 0.6 is 0 Å². The van der Waals surface area contributed by atoms with Crippen molar-refractivity contribution in [3.05, 3.63) is 60.2 Å². The maximum Gasteiger partial charge on any atom is 0.123 e. The normalized spacial score (nSPS) is 14.6. The molecule has 0 N–H and O–H groups in total. The molecule has 2 rings (SSSR count). The molecule has 118 valence electrons. The third-order valence-electron chi connectivity index (χ3n) is 4.51. The van der Waals surface area contributed by atoms with Crippen molar-refractivity contribution in [3.8, 4) is 11.1 Å². The molecule has 2 aromatic carbocycles. The van der Waals surface area contributed by atoms with E-state index in [4.69, 9.17) is 0 Å². The number of alkyl halides is 1. The zero-order valence-electron chi connectivity index (χ0n) is 14.2. The van der Waals surface area contributed by atoms with Crippen molar-refractivity contribution in [1.82, 2.24) is 0 Å². The van der Waals surface area contributed by atoms with Gasteiger partial charge in [0.25, 0.3) is 0 Å². The number of hydrogen-bond acceptors (Lipinski definition) is 0. The molecule has 1 atom stereocenters. The van der Waals surface area contributed by atoms with Crippen LogP contribution in [0, 0.1) is 0 Å². The van der Waals surface area contributed by atoms with Crippen LogP contribution in [0.4, 0.5) is 4.39 Å². The smallest absolute Gasteiger partial charge is 0.123 e. The molecule has 0 spiro atoms. The molecule has 0 bridgehead atoms. The topological polar surface area (TPSA) is 0 Å². The zero-order valence-corrected chi connectivity index (χ0v) is 15.2. The molecule has 0 aliphatic heterocycles. The lowest BCUT2D eigenvalue weighted by molar-refractivity contribution is 0.241. The maximum absolute atomic E-state index is 15.8. The average Bonchev–Trinajstić information content (AvgIpc) is 2.52. The first-order valence-electron chi connectivity index (χ1n) is 8.23. The van der Waals surface area contributed by atoms with Gasteiger partial charge in [0.15, 0.2) is 0 Å². The lowest BCUT2D eigenvalue weighted by Crippen LogP contribution is -2.46. The summed E-state index contributed by atoms with van der Waals surface area (Å²) in [7, 11) is -1.95. The lowest BCUT2D eigenvalue weighted by Gasteiger charge is -2.37. The van der Waals surface area contributed by atoms with E-state index in [1.165, 1.54) is 5.56 Å². The van der Waals surface area contributed by atoms with E-state index in [0.717, 1.165) is 24.0 Å². The third kappa shape index (κ3) is 3.49. The van der Waals surface area contributed by atoms with Crippen LogP contribution in [-0.2, 0) is 5.29 Å². The first-order chi connectivity index (χ1) is 10.4. The van der Waals surface area contributed by atoms with Crippen molar-refractivity contribution in [3.63, 3.8) is 0 Å². The van der Waals surface area contributed by atoms with E-state index in [9.17, 15) is 0 Å². The fourth-order valence-corrected chi connectivity index (χ4v) is 4.89. The molecule has 0 saturated heterocycles. The second kappa shape index (κ2) is 6.78. The van der Waals surface area contributed by atoms with Crippen LogP contribution in [0.15, 0.2) is 54.6 Å². The minimum absolute atomic E-state index is 0.643. The van der Waals surface area contributed by atoms with Crippen molar-refractivity contribution < 1.29 is 4.39 Å². The van der Waals surface area contributed by atoms with Crippen LogP contribution in [0.1, 0.15) is 31.7 Å². The Hall–Kier alpha value is -1.41. The second-order valence-electron chi connectivity index (χ2n) is 7.10. The van der Waals surface area contributed by atoms with Gasteiger partial charge in [-0.05, 0) is 23.1 Å². The summed E-state index contributed by atoms with van der Waals surface area (Å²) in [5, 5.41) is -1.14. The van der Waals surface area contributed by atoms with Crippen LogP contribution in [-0.4, -0.2) is 8.07 Å². The van der Waals surface area contributed by atoms with Crippen molar-refractivity contribution in [2.45, 2.75) is 51.1 Å². The van der Waals surface area contributed by atoms with Crippen LogP contribution in [0.5, 0.6) is 0 Å². The van der Waals surface area contributed by atoms with Crippen molar-refractivity contribution in [1.29, 1.82) is 0 Å². The molecular formula is C20H27FSi. The molecule has 0 aromatic heterocycles. The Morgan fingerprint density at radius 3 is 1.91 bits per heavy atom. The third-order valence-corrected chi connectivity index (χ3v) is 7.43. The van der Waals surface area contributed by atoms with Crippen LogP contribution in [0.25, 0.3) is 11.1 Å². The molecule has 0 amide bonds. The summed E-state index contributed by atoms with van der Waals surface area (Å²) < 4.78 is 15.8. The number of unbranched alkanes of at least 4 members (excludes halogenated alkanes) is 1. The standard InChI is InChI=1S/C20H27FSi/c1-5-6-16-20(21,22(2,3)4)19-14-12-18(13-15-19)17-10-8-7-9-11-17/h7-15H,5-6,16H2,1-4H3. The largest absolute Gasteiger partial charge is 0.243 e. The number of halogens is 1. The molecule has 0 aliphatic carbocycles. The van der Waals surface area contributed by atoms with Gasteiger partial charge in [0, 0.05) is 0 Å². The molecule has 2 heteroatoms. The van der Waals surface area contributed by atoms with Gasteiger partial charge < -0.3 is 0 Å². The van der Waals surface area contributed by atoms with E-state index in [0.29, 0.717) is 6.42 Å². The van der Waals surface area contributed by atoms with Gasteiger partial charge in [-0.1, -0.05) is 94.0 Å². The molecule has 0 nitrogen and oxygen atoms in total. The van der Waals surface area contributed by atoms with E-state index in [2.05, 4.69) is 50.8 Å². The van der Waals surface area contributed by atoms with E-state index < -0.39 is 13.4 Å². The van der Waals surface area contributed by atoms with Gasteiger partial charge >= 0.3 is 0 Å². The minimum Gasteiger partial charge on any atom is -0.243 e. The maximum atomic E-state index is 15.8. The van der Waals surface area contributed by atoms with Gasteiger partial charge in [0.1, 0.15) is 5.29 Å². The molecular weight excluding hydrogens is 287 g/mol. The van der Waals surface area contributed by atoms with E-state index >= 15 is 4.39 Å². The fraction of sp³-hybridized carbons (Fsp3) is 0.400. The van der Waals surface area contributed by atoms with Crippen LogP contribution in [0.2, 0.25) is 19.6 Å². The van der Waals surface area contributed by atoms with Gasteiger partial charge in [-0.2, -0.15) is 0 Å². The second-order valence-corrected chi connectivity index (χ2v) is 12.4. The van der Waals surface area contributed by atoms with Crippen LogP contribution < -0.4 is 0 Å². The van der Waals surface area contributed by atoms with Gasteiger partial charge in [0.2, 0.25) is 0 Å². The minimum atomic E-state index is -1.95. The van der Waals surface area contributed by atoms with Gasteiger partial charge in [-0.25, -0.2) is 4.39 Å². The molecule has 0 fully saturated rings. The first kappa shape index (κ1) is 16.9. The lowest BCUT2D eigenvalue weighted by atomic mass is 9.99. The summed E-state index contributed by atoms with van der Waals surface area (Å²) in [6.07, 6.45) is 2.63. The van der Waals surface area contributed by atoms with E-state index in [1.807, 2.05) is 30.3 Å². The molecule has 0 saturated carbocycles. The fourth-order valence-electron chi connectivity index (χ4n) is 2.93.